The SMILES string of the molecule is CC1CN(CCC2CCN(c3cccc(F)c3[N+](=O)[O-])CC2)CC(C)O1. The van der Waals surface area contributed by atoms with Crippen LogP contribution in [0.4, 0.5) is 15.8 Å². The Morgan fingerprint density at radius 1 is 1.23 bits per heavy atom. The summed E-state index contributed by atoms with van der Waals surface area (Å²) in [4.78, 5) is 15.0. The van der Waals surface area contributed by atoms with Crippen LogP contribution >= 0.6 is 0 Å². The first-order chi connectivity index (χ1) is 12.4. The zero-order valence-corrected chi connectivity index (χ0v) is 15.6. The number of halogens is 1. The van der Waals surface area contributed by atoms with E-state index in [1.807, 2.05) is 4.90 Å². The Bertz CT molecular complexity index is 624. The second-order valence-corrected chi connectivity index (χ2v) is 7.60. The minimum atomic E-state index is -0.759. The lowest BCUT2D eigenvalue weighted by Crippen LogP contribution is -2.46. The monoisotopic (exact) mass is 365 g/mol. The molecule has 1 aromatic rings. The van der Waals surface area contributed by atoms with E-state index in [1.54, 1.807) is 12.1 Å². The second kappa shape index (κ2) is 8.31. The lowest BCUT2D eigenvalue weighted by atomic mass is 9.92. The summed E-state index contributed by atoms with van der Waals surface area (Å²) >= 11 is 0. The summed E-state index contributed by atoms with van der Waals surface area (Å²) in [5.41, 5.74) is 0.00604. The fourth-order valence-electron chi connectivity index (χ4n) is 4.23. The van der Waals surface area contributed by atoms with E-state index >= 15 is 0 Å². The maximum atomic E-state index is 13.8. The lowest BCUT2D eigenvalue weighted by Gasteiger charge is -2.37. The van der Waals surface area contributed by atoms with E-state index < -0.39 is 16.4 Å². The van der Waals surface area contributed by atoms with Crippen molar-refractivity contribution in [3.8, 4) is 0 Å². The summed E-state index contributed by atoms with van der Waals surface area (Å²) in [6.07, 6.45) is 3.69. The number of hydrogen-bond acceptors (Lipinski definition) is 5. The number of nitro benzene ring substituents is 1. The highest BCUT2D eigenvalue weighted by Crippen LogP contribution is 2.34. The van der Waals surface area contributed by atoms with Crippen molar-refractivity contribution in [2.24, 2.45) is 5.92 Å². The Kier molecular flexibility index (Phi) is 6.09. The fourth-order valence-corrected chi connectivity index (χ4v) is 4.23. The Hall–Kier alpha value is -1.73. The van der Waals surface area contributed by atoms with E-state index in [4.69, 9.17) is 4.74 Å². The van der Waals surface area contributed by atoms with Crippen LogP contribution in [0.3, 0.4) is 0 Å². The molecule has 0 spiro atoms. The highest BCUT2D eigenvalue weighted by molar-refractivity contribution is 5.64. The van der Waals surface area contributed by atoms with Crippen LogP contribution in [0.15, 0.2) is 18.2 Å². The maximum absolute atomic E-state index is 13.8. The minimum absolute atomic E-state index is 0.286. The summed E-state index contributed by atoms with van der Waals surface area (Å²) in [7, 11) is 0. The van der Waals surface area contributed by atoms with Gasteiger partial charge in [0.1, 0.15) is 5.69 Å². The molecular weight excluding hydrogens is 337 g/mol. The first-order valence-electron chi connectivity index (χ1n) is 9.49. The normalized spacial score (nSPS) is 25.4. The second-order valence-electron chi connectivity index (χ2n) is 7.60. The average Bonchev–Trinajstić information content (AvgIpc) is 2.59. The Labute approximate surface area is 154 Å². The Morgan fingerprint density at radius 2 is 1.88 bits per heavy atom. The van der Waals surface area contributed by atoms with Gasteiger partial charge >= 0.3 is 5.69 Å². The van der Waals surface area contributed by atoms with Crippen molar-refractivity contribution in [2.75, 3.05) is 37.6 Å². The summed E-state index contributed by atoms with van der Waals surface area (Å²) in [5.74, 6) is -0.141. The lowest BCUT2D eigenvalue weighted by molar-refractivity contribution is -0.386. The molecule has 2 fully saturated rings. The van der Waals surface area contributed by atoms with Gasteiger partial charge in [-0.1, -0.05) is 6.07 Å². The molecule has 0 saturated carbocycles. The molecule has 7 heteroatoms. The van der Waals surface area contributed by atoms with Crippen molar-refractivity contribution in [3.63, 3.8) is 0 Å². The Morgan fingerprint density at radius 3 is 2.50 bits per heavy atom. The van der Waals surface area contributed by atoms with Crippen LogP contribution < -0.4 is 4.90 Å². The first kappa shape index (κ1) is 19.0. The molecule has 2 atom stereocenters. The molecule has 0 aliphatic carbocycles. The molecule has 2 unspecified atom stereocenters. The number of benzene rings is 1. The Balaban J connectivity index is 1.52. The molecule has 3 rings (SSSR count). The third-order valence-corrected chi connectivity index (χ3v) is 5.45. The van der Waals surface area contributed by atoms with Gasteiger partial charge in [-0.05, 0) is 57.7 Å². The molecule has 0 N–H and O–H groups in total. The number of ether oxygens (including phenoxy) is 1. The van der Waals surface area contributed by atoms with Gasteiger partial charge < -0.3 is 9.64 Å². The van der Waals surface area contributed by atoms with E-state index in [-0.39, 0.29) is 12.2 Å². The number of hydrogen-bond donors (Lipinski definition) is 0. The molecule has 2 heterocycles. The number of para-hydroxylation sites is 1. The zero-order chi connectivity index (χ0) is 18.7. The van der Waals surface area contributed by atoms with Gasteiger partial charge in [-0.3, -0.25) is 15.0 Å². The van der Waals surface area contributed by atoms with Gasteiger partial charge in [0.25, 0.3) is 0 Å². The largest absolute Gasteiger partial charge is 0.373 e. The third-order valence-electron chi connectivity index (χ3n) is 5.45. The van der Waals surface area contributed by atoms with Crippen LogP contribution in [0, 0.1) is 21.8 Å². The maximum Gasteiger partial charge on any atom is 0.327 e. The summed E-state index contributed by atoms with van der Waals surface area (Å²) in [5, 5.41) is 11.2. The number of piperidine rings is 1. The minimum Gasteiger partial charge on any atom is -0.373 e. The number of nitro groups is 1. The topological polar surface area (TPSA) is 58.9 Å². The predicted molar refractivity (Wildman–Crippen MR) is 99.1 cm³/mol. The first-order valence-corrected chi connectivity index (χ1v) is 9.49. The smallest absolute Gasteiger partial charge is 0.327 e. The van der Waals surface area contributed by atoms with Crippen LogP contribution in [0.1, 0.15) is 33.1 Å². The molecule has 144 valence electrons. The molecule has 0 aromatic heterocycles. The quantitative estimate of drug-likeness (QED) is 0.591. The molecule has 1 aromatic carbocycles. The van der Waals surface area contributed by atoms with Gasteiger partial charge in [0.2, 0.25) is 5.82 Å². The standard InChI is InChI=1S/C19H28FN3O3/c1-14-12-21(13-15(2)26-14)9-6-16-7-10-22(11-8-16)18-5-3-4-17(20)19(18)23(24)25/h3-5,14-16H,6-13H2,1-2H3. The van der Waals surface area contributed by atoms with Crippen molar-refractivity contribution < 1.29 is 14.1 Å². The van der Waals surface area contributed by atoms with E-state index in [0.29, 0.717) is 11.6 Å². The van der Waals surface area contributed by atoms with E-state index in [1.165, 1.54) is 0 Å². The highest BCUT2D eigenvalue weighted by Gasteiger charge is 2.28. The molecule has 0 bridgehead atoms. The number of anilines is 1. The van der Waals surface area contributed by atoms with E-state index in [9.17, 15) is 14.5 Å². The van der Waals surface area contributed by atoms with Crippen molar-refractivity contribution in [3.05, 3.63) is 34.1 Å². The third kappa shape index (κ3) is 4.51. The molecular formula is C19H28FN3O3. The van der Waals surface area contributed by atoms with Crippen LogP contribution in [0.5, 0.6) is 0 Å². The van der Waals surface area contributed by atoms with Crippen molar-refractivity contribution >= 4 is 11.4 Å². The highest BCUT2D eigenvalue weighted by atomic mass is 19.1. The average molecular weight is 365 g/mol. The number of rotatable bonds is 5. The van der Waals surface area contributed by atoms with Gasteiger partial charge in [-0.15, -0.1) is 0 Å². The molecule has 0 amide bonds. The molecule has 0 radical (unpaired) electrons. The number of nitrogens with zero attached hydrogens (tertiary/aromatic N) is 3. The molecule has 2 aliphatic heterocycles. The van der Waals surface area contributed by atoms with E-state index in [0.717, 1.165) is 58.1 Å². The van der Waals surface area contributed by atoms with Crippen molar-refractivity contribution in [1.82, 2.24) is 4.90 Å². The number of morpholine rings is 1. The van der Waals surface area contributed by atoms with Gasteiger partial charge in [0.05, 0.1) is 17.1 Å². The van der Waals surface area contributed by atoms with E-state index in [2.05, 4.69) is 18.7 Å². The van der Waals surface area contributed by atoms with Crippen LogP contribution in [-0.4, -0.2) is 54.8 Å². The summed E-state index contributed by atoms with van der Waals surface area (Å²) in [6.45, 7) is 8.76. The van der Waals surface area contributed by atoms with Crippen LogP contribution in [0.25, 0.3) is 0 Å². The molecule has 6 nitrogen and oxygen atoms in total. The molecule has 26 heavy (non-hydrogen) atoms. The van der Waals surface area contributed by atoms with Gasteiger partial charge in [-0.25, -0.2) is 0 Å². The molecule has 2 saturated heterocycles. The fraction of sp³-hybridized carbons (Fsp3) is 0.684. The van der Waals surface area contributed by atoms with Gasteiger partial charge in [0.15, 0.2) is 0 Å². The van der Waals surface area contributed by atoms with Gasteiger partial charge in [-0.2, -0.15) is 4.39 Å². The zero-order valence-electron chi connectivity index (χ0n) is 15.6. The van der Waals surface area contributed by atoms with Crippen molar-refractivity contribution in [1.29, 1.82) is 0 Å². The van der Waals surface area contributed by atoms with Crippen LogP contribution in [-0.2, 0) is 4.74 Å². The molecule has 2 aliphatic rings. The summed E-state index contributed by atoms with van der Waals surface area (Å²) in [6, 6.07) is 4.35. The summed E-state index contributed by atoms with van der Waals surface area (Å²) < 4.78 is 19.6. The van der Waals surface area contributed by atoms with Crippen molar-refractivity contribution in [2.45, 2.75) is 45.3 Å². The van der Waals surface area contributed by atoms with Crippen LogP contribution in [0.2, 0.25) is 0 Å². The predicted octanol–water partition coefficient (Wildman–Crippen LogP) is 3.45. The van der Waals surface area contributed by atoms with Gasteiger partial charge in [0, 0.05) is 26.2 Å².